The van der Waals surface area contributed by atoms with Gasteiger partial charge in [0, 0.05) is 5.56 Å². The number of methoxy groups -OCH3 is 1. The lowest BCUT2D eigenvalue weighted by molar-refractivity contribution is 0.0587. The Bertz CT molecular complexity index is 394. The van der Waals surface area contributed by atoms with Crippen LogP contribution < -0.4 is 5.73 Å². The van der Waals surface area contributed by atoms with Gasteiger partial charge in [-0.3, -0.25) is 0 Å². The van der Waals surface area contributed by atoms with Crippen molar-refractivity contribution in [2.75, 3.05) is 12.8 Å². The van der Waals surface area contributed by atoms with Crippen LogP contribution in [0, 0.1) is 6.92 Å². The molecule has 0 unspecified atom stereocenters. The van der Waals surface area contributed by atoms with Gasteiger partial charge < -0.3 is 10.5 Å². The first kappa shape index (κ1) is 11.4. The van der Waals surface area contributed by atoms with E-state index in [4.69, 9.17) is 5.73 Å². The first-order valence-electron chi connectivity index (χ1n) is 4.10. The smallest absolute Gasteiger partial charge is 0.340 e. The lowest BCUT2D eigenvalue weighted by Crippen LogP contribution is -2.11. The van der Waals surface area contributed by atoms with Gasteiger partial charge in [-0.2, -0.15) is 0 Å². The van der Waals surface area contributed by atoms with Crippen molar-refractivity contribution < 1.29 is 18.3 Å². The minimum absolute atomic E-state index is 0.0459. The molecule has 1 rings (SSSR count). The first-order valence-corrected chi connectivity index (χ1v) is 4.10. The molecule has 1 aromatic rings. The number of carbonyl (C=O) groups is 1. The van der Waals surface area contributed by atoms with Crippen LogP contribution in [0.25, 0.3) is 0 Å². The molecule has 0 atom stereocenters. The third-order valence-electron chi connectivity index (χ3n) is 1.88. The first-order chi connectivity index (χ1) is 6.97. The fourth-order valence-electron chi connectivity index (χ4n) is 1.26. The molecule has 0 spiro atoms. The zero-order valence-corrected chi connectivity index (χ0v) is 8.25. The molecule has 0 saturated carbocycles. The number of ether oxygens (including phenoxy) is 1. The van der Waals surface area contributed by atoms with Crippen molar-refractivity contribution in [3.63, 3.8) is 0 Å². The summed E-state index contributed by atoms with van der Waals surface area (Å²) in [5.74, 6) is -0.884. The van der Waals surface area contributed by atoms with Gasteiger partial charge in [0.15, 0.2) is 0 Å². The molecule has 0 radical (unpaired) electrons. The highest BCUT2D eigenvalue weighted by molar-refractivity contribution is 5.92. The molecule has 2 N–H and O–H groups in total. The van der Waals surface area contributed by atoms with Crippen LogP contribution in [-0.2, 0) is 4.74 Å². The maximum absolute atomic E-state index is 12.6. The largest absolute Gasteiger partial charge is 0.465 e. The molecule has 0 saturated heterocycles. The maximum atomic E-state index is 12.6. The second-order valence-electron chi connectivity index (χ2n) is 2.89. The van der Waals surface area contributed by atoms with E-state index in [1.165, 1.54) is 6.92 Å². The maximum Gasteiger partial charge on any atom is 0.340 e. The van der Waals surface area contributed by atoms with Crippen LogP contribution in [0.3, 0.4) is 0 Å². The van der Waals surface area contributed by atoms with E-state index in [-0.39, 0.29) is 17.1 Å². The Morgan fingerprint density at radius 2 is 2.20 bits per heavy atom. The molecule has 82 valence electrons. The van der Waals surface area contributed by atoms with E-state index >= 15 is 0 Å². The number of pyridine rings is 1. The Morgan fingerprint density at radius 1 is 1.60 bits per heavy atom. The van der Waals surface area contributed by atoms with Crippen molar-refractivity contribution in [1.82, 2.24) is 4.98 Å². The second-order valence-corrected chi connectivity index (χ2v) is 2.89. The Labute approximate surface area is 85.1 Å². The van der Waals surface area contributed by atoms with Gasteiger partial charge in [-0.25, -0.2) is 18.6 Å². The quantitative estimate of drug-likeness (QED) is 0.764. The number of nitrogens with zero attached hydrogens (tertiary/aromatic N) is 1. The van der Waals surface area contributed by atoms with E-state index in [0.29, 0.717) is 0 Å². The lowest BCUT2D eigenvalue weighted by atomic mass is 10.1. The predicted molar refractivity (Wildman–Crippen MR) is 49.7 cm³/mol. The summed E-state index contributed by atoms with van der Waals surface area (Å²) in [5.41, 5.74) is 4.77. The van der Waals surface area contributed by atoms with E-state index < -0.39 is 18.0 Å². The second kappa shape index (κ2) is 4.20. The Hall–Kier alpha value is -1.72. The molecular weight excluding hydrogens is 206 g/mol. The van der Waals surface area contributed by atoms with Crippen LogP contribution in [0.5, 0.6) is 0 Å². The van der Waals surface area contributed by atoms with Gasteiger partial charge in [0.25, 0.3) is 6.43 Å². The summed E-state index contributed by atoms with van der Waals surface area (Å²) in [6, 6.07) is 0.976. The number of halogens is 2. The molecular formula is C9H10F2N2O2. The standard InChI is InChI=1S/C9H10F2N2O2/c1-4-7(9(14)15-2)5(8(10)11)3-6(12)13-4/h3,8H,1-2H3,(H2,12,13). The van der Waals surface area contributed by atoms with Gasteiger partial charge in [0.05, 0.1) is 18.4 Å². The number of hydrogen-bond donors (Lipinski definition) is 1. The third-order valence-corrected chi connectivity index (χ3v) is 1.88. The molecule has 0 aromatic carbocycles. The van der Waals surface area contributed by atoms with Crippen LogP contribution in [0.15, 0.2) is 6.07 Å². The third kappa shape index (κ3) is 2.20. The Balaban J connectivity index is 3.40. The summed E-state index contributed by atoms with van der Waals surface area (Å²) in [6.07, 6.45) is -2.79. The van der Waals surface area contributed by atoms with Crippen LogP contribution in [0.2, 0.25) is 0 Å². The molecule has 15 heavy (non-hydrogen) atoms. The van der Waals surface area contributed by atoms with Crippen LogP contribution >= 0.6 is 0 Å². The zero-order valence-electron chi connectivity index (χ0n) is 8.25. The van der Waals surface area contributed by atoms with Gasteiger partial charge in [0.1, 0.15) is 5.82 Å². The van der Waals surface area contributed by atoms with Gasteiger partial charge in [0.2, 0.25) is 0 Å². The van der Waals surface area contributed by atoms with Crippen molar-refractivity contribution in [2.45, 2.75) is 13.3 Å². The molecule has 0 aliphatic heterocycles. The van der Waals surface area contributed by atoms with Crippen LogP contribution in [0.4, 0.5) is 14.6 Å². The molecule has 0 aliphatic rings. The fraction of sp³-hybridized carbons (Fsp3) is 0.333. The Kier molecular flexibility index (Phi) is 3.18. The monoisotopic (exact) mass is 216 g/mol. The van der Waals surface area contributed by atoms with Crippen LogP contribution in [0.1, 0.15) is 28.0 Å². The van der Waals surface area contributed by atoms with Crippen molar-refractivity contribution in [3.05, 3.63) is 22.9 Å². The molecule has 4 nitrogen and oxygen atoms in total. The SMILES string of the molecule is COC(=O)c1c(C(F)F)cc(N)nc1C. The average Bonchev–Trinajstić information content (AvgIpc) is 2.15. The number of nitrogen functional groups attached to an aromatic ring is 1. The number of aryl methyl sites for hydroxylation is 1. The van der Waals surface area contributed by atoms with Gasteiger partial charge in [-0.1, -0.05) is 0 Å². The number of anilines is 1. The molecule has 1 aromatic heterocycles. The number of carbonyl (C=O) groups excluding carboxylic acids is 1. The van der Waals surface area contributed by atoms with E-state index in [2.05, 4.69) is 9.72 Å². The summed E-state index contributed by atoms with van der Waals surface area (Å²) in [4.78, 5) is 15.0. The molecule has 1 heterocycles. The lowest BCUT2D eigenvalue weighted by Gasteiger charge is -2.10. The highest BCUT2D eigenvalue weighted by Crippen LogP contribution is 2.26. The number of aromatic nitrogens is 1. The number of esters is 1. The summed E-state index contributed by atoms with van der Waals surface area (Å²) in [6.45, 7) is 1.43. The highest BCUT2D eigenvalue weighted by Gasteiger charge is 2.22. The number of rotatable bonds is 2. The minimum Gasteiger partial charge on any atom is -0.465 e. The number of nitrogens with two attached hydrogens (primary N) is 1. The molecule has 0 aliphatic carbocycles. The van der Waals surface area contributed by atoms with E-state index in [0.717, 1.165) is 13.2 Å². The minimum atomic E-state index is -2.79. The fourth-order valence-corrected chi connectivity index (χ4v) is 1.26. The summed E-state index contributed by atoms with van der Waals surface area (Å²) < 4.78 is 29.6. The average molecular weight is 216 g/mol. The topological polar surface area (TPSA) is 65.2 Å². The number of alkyl halides is 2. The Morgan fingerprint density at radius 3 is 2.67 bits per heavy atom. The summed E-state index contributed by atoms with van der Waals surface area (Å²) in [5, 5.41) is 0. The van der Waals surface area contributed by atoms with Crippen molar-refractivity contribution >= 4 is 11.8 Å². The van der Waals surface area contributed by atoms with Gasteiger partial charge >= 0.3 is 5.97 Å². The highest BCUT2D eigenvalue weighted by atomic mass is 19.3. The van der Waals surface area contributed by atoms with Crippen molar-refractivity contribution in [3.8, 4) is 0 Å². The van der Waals surface area contributed by atoms with Gasteiger partial charge in [-0.15, -0.1) is 0 Å². The molecule has 6 heteroatoms. The van der Waals surface area contributed by atoms with Crippen molar-refractivity contribution in [2.24, 2.45) is 0 Å². The van der Waals surface area contributed by atoms with Crippen molar-refractivity contribution in [1.29, 1.82) is 0 Å². The van der Waals surface area contributed by atoms with E-state index in [9.17, 15) is 13.6 Å². The number of hydrogen-bond acceptors (Lipinski definition) is 4. The van der Waals surface area contributed by atoms with E-state index in [1.807, 2.05) is 0 Å². The molecule has 0 fully saturated rings. The molecule has 0 bridgehead atoms. The van der Waals surface area contributed by atoms with E-state index in [1.54, 1.807) is 0 Å². The zero-order chi connectivity index (χ0) is 11.6. The summed E-state index contributed by atoms with van der Waals surface area (Å²) >= 11 is 0. The summed E-state index contributed by atoms with van der Waals surface area (Å²) in [7, 11) is 1.12. The van der Waals surface area contributed by atoms with Crippen LogP contribution in [-0.4, -0.2) is 18.1 Å². The predicted octanol–water partition coefficient (Wildman–Crippen LogP) is 1.70. The molecule has 0 amide bonds. The normalized spacial score (nSPS) is 10.5. The van der Waals surface area contributed by atoms with Gasteiger partial charge in [-0.05, 0) is 13.0 Å².